The van der Waals surface area contributed by atoms with E-state index in [-0.39, 0.29) is 17.4 Å². The summed E-state index contributed by atoms with van der Waals surface area (Å²) in [7, 11) is 0. The average molecular weight is 383 g/mol. The first-order chi connectivity index (χ1) is 13.1. The molecular weight excluding hydrogens is 362 g/mol. The average Bonchev–Trinajstić information content (AvgIpc) is 3.11. The van der Waals surface area contributed by atoms with E-state index in [1.807, 2.05) is 30.3 Å². The summed E-state index contributed by atoms with van der Waals surface area (Å²) in [6, 6.07) is 11.4. The number of aryl methyl sites for hydroxylation is 1. The minimum absolute atomic E-state index is 0.0656. The lowest BCUT2D eigenvalue weighted by atomic mass is 9.97. The maximum absolute atomic E-state index is 12.6. The lowest BCUT2D eigenvalue weighted by Gasteiger charge is -2.31. The van der Waals surface area contributed by atoms with Crippen LogP contribution < -0.4 is 15.8 Å². The molecule has 0 unspecified atom stereocenters. The molecule has 0 bridgehead atoms. The second kappa shape index (κ2) is 7.48. The van der Waals surface area contributed by atoms with Gasteiger partial charge >= 0.3 is 0 Å². The van der Waals surface area contributed by atoms with Crippen molar-refractivity contribution in [3.63, 3.8) is 0 Å². The van der Waals surface area contributed by atoms with E-state index in [1.54, 1.807) is 6.92 Å². The van der Waals surface area contributed by atoms with E-state index in [1.165, 1.54) is 21.9 Å². The number of aromatic nitrogens is 3. The summed E-state index contributed by atoms with van der Waals surface area (Å²) >= 11 is 1.39. The zero-order valence-electron chi connectivity index (χ0n) is 15.1. The molecular formula is C19H21N5O2S. The Morgan fingerprint density at radius 2 is 2.15 bits per heavy atom. The van der Waals surface area contributed by atoms with Gasteiger partial charge in [-0.2, -0.15) is 4.52 Å². The fourth-order valence-corrected chi connectivity index (χ4v) is 4.32. The van der Waals surface area contributed by atoms with Crippen LogP contribution in [-0.2, 0) is 11.3 Å². The summed E-state index contributed by atoms with van der Waals surface area (Å²) < 4.78 is 1.34. The van der Waals surface area contributed by atoms with E-state index in [9.17, 15) is 9.59 Å². The summed E-state index contributed by atoms with van der Waals surface area (Å²) in [6.07, 6.45) is 1.78. The standard InChI is InChI=1S/C19H21N5O2S/c1-13-10-16(25)24-18(21-13)27-19(22-24)23-9-5-8-15(12-23)17(26)20-11-14-6-3-2-4-7-14/h2-4,6-7,10,15H,5,8-9,11-12H2,1H3,(H,20,26)/t15-/m1/s1. The minimum atomic E-state index is -0.172. The van der Waals surface area contributed by atoms with E-state index in [2.05, 4.69) is 20.3 Å². The molecule has 7 nitrogen and oxygen atoms in total. The number of piperidine rings is 1. The normalized spacial score (nSPS) is 17.2. The topological polar surface area (TPSA) is 79.6 Å². The molecule has 3 aromatic rings. The highest BCUT2D eigenvalue weighted by molar-refractivity contribution is 7.20. The molecule has 1 amide bonds. The number of benzene rings is 1. The van der Waals surface area contributed by atoms with E-state index < -0.39 is 0 Å². The van der Waals surface area contributed by atoms with Crippen LogP contribution in [0.2, 0.25) is 0 Å². The number of hydrogen-bond donors (Lipinski definition) is 1. The number of hydrogen-bond acceptors (Lipinski definition) is 6. The van der Waals surface area contributed by atoms with Crippen molar-refractivity contribution in [2.75, 3.05) is 18.0 Å². The van der Waals surface area contributed by atoms with E-state index in [0.29, 0.717) is 23.7 Å². The van der Waals surface area contributed by atoms with Crippen molar-refractivity contribution >= 4 is 27.3 Å². The van der Waals surface area contributed by atoms with Gasteiger partial charge in [-0.25, -0.2) is 4.98 Å². The second-order valence-corrected chi connectivity index (χ2v) is 7.74. The predicted octanol–water partition coefficient (Wildman–Crippen LogP) is 1.99. The first-order valence-electron chi connectivity index (χ1n) is 9.04. The van der Waals surface area contributed by atoms with Crippen LogP contribution in [0.3, 0.4) is 0 Å². The zero-order valence-corrected chi connectivity index (χ0v) is 15.9. The van der Waals surface area contributed by atoms with Crippen molar-refractivity contribution in [3.05, 3.63) is 58.0 Å². The van der Waals surface area contributed by atoms with Gasteiger partial charge in [0.2, 0.25) is 16.0 Å². The van der Waals surface area contributed by atoms with Gasteiger partial charge in [-0.05, 0) is 25.3 Å². The first-order valence-corrected chi connectivity index (χ1v) is 9.86. The SMILES string of the molecule is Cc1cc(=O)n2nc(N3CCC[C@@H](C(=O)NCc4ccccc4)C3)sc2n1. The highest BCUT2D eigenvalue weighted by Gasteiger charge is 2.27. The summed E-state index contributed by atoms with van der Waals surface area (Å²) in [4.78, 5) is 31.7. The molecule has 0 radical (unpaired) electrons. The lowest BCUT2D eigenvalue weighted by molar-refractivity contribution is -0.125. The van der Waals surface area contributed by atoms with Crippen molar-refractivity contribution in [2.45, 2.75) is 26.3 Å². The second-order valence-electron chi connectivity index (χ2n) is 6.80. The number of nitrogens with one attached hydrogen (secondary N) is 1. The Bertz CT molecular complexity index is 1010. The molecule has 1 atom stereocenters. The van der Waals surface area contributed by atoms with Crippen LogP contribution in [0, 0.1) is 12.8 Å². The first kappa shape index (κ1) is 17.7. The third-order valence-electron chi connectivity index (χ3n) is 4.73. The Balaban J connectivity index is 1.45. The van der Waals surface area contributed by atoms with E-state index in [4.69, 9.17) is 0 Å². The van der Waals surface area contributed by atoms with Crippen LogP contribution in [-0.4, -0.2) is 33.6 Å². The summed E-state index contributed by atoms with van der Waals surface area (Å²) in [5, 5.41) is 8.19. The van der Waals surface area contributed by atoms with Crippen molar-refractivity contribution in [1.82, 2.24) is 19.9 Å². The Hall–Kier alpha value is -2.74. The maximum atomic E-state index is 12.6. The monoisotopic (exact) mass is 383 g/mol. The zero-order chi connectivity index (χ0) is 18.8. The fourth-order valence-electron chi connectivity index (χ4n) is 3.33. The molecule has 3 heterocycles. The number of rotatable bonds is 4. The third kappa shape index (κ3) is 3.85. The van der Waals surface area contributed by atoms with Crippen LogP contribution >= 0.6 is 11.3 Å². The predicted molar refractivity (Wildman–Crippen MR) is 105 cm³/mol. The van der Waals surface area contributed by atoms with E-state index in [0.717, 1.165) is 30.1 Å². The number of carbonyl (C=O) groups excluding carboxylic acids is 1. The molecule has 1 N–H and O–H groups in total. The summed E-state index contributed by atoms with van der Waals surface area (Å²) in [6.45, 7) is 3.77. The number of amides is 1. The Kier molecular flexibility index (Phi) is 4.89. The molecule has 27 heavy (non-hydrogen) atoms. The lowest BCUT2D eigenvalue weighted by Crippen LogP contribution is -2.43. The van der Waals surface area contributed by atoms with Crippen LogP contribution in [0.15, 0.2) is 41.2 Å². The van der Waals surface area contributed by atoms with Gasteiger partial charge in [0.1, 0.15) is 0 Å². The highest BCUT2D eigenvalue weighted by atomic mass is 32.1. The smallest absolute Gasteiger partial charge is 0.275 e. The molecule has 0 aliphatic carbocycles. The molecule has 140 valence electrons. The molecule has 1 fully saturated rings. The van der Waals surface area contributed by atoms with Gasteiger partial charge in [0.15, 0.2) is 0 Å². The molecule has 0 saturated carbocycles. The van der Waals surface area contributed by atoms with Gasteiger partial charge < -0.3 is 10.2 Å². The van der Waals surface area contributed by atoms with Crippen molar-refractivity contribution in [2.24, 2.45) is 5.92 Å². The fraction of sp³-hybridized carbons (Fsp3) is 0.368. The van der Waals surface area contributed by atoms with Gasteiger partial charge in [-0.3, -0.25) is 9.59 Å². The highest BCUT2D eigenvalue weighted by Crippen LogP contribution is 2.27. The van der Waals surface area contributed by atoms with Gasteiger partial charge in [-0.1, -0.05) is 41.7 Å². The van der Waals surface area contributed by atoms with Crippen molar-refractivity contribution < 1.29 is 4.79 Å². The van der Waals surface area contributed by atoms with Crippen LogP contribution in [0.1, 0.15) is 24.1 Å². The molecule has 1 aliphatic rings. The third-order valence-corrected chi connectivity index (χ3v) is 5.70. The molecule has 8 heteroatoms. The Labute approximate surface area is 160 Å². The molecule has 0 spiro atoms. The molecule has 2 aromatic heterocycles. The van der Waals surface area contributed by atoms with Gasteiger partial charge in [0, 0.05) is 31.4 Å². The minimum Gasteiger partial charge on any atom is -0.352 e. The Morgan fingerprint density at radius 3 is 2.96 bits per heavy atom. The van der Waals surface area contributed by atoms with Gasteiger partial charge in [0.25, 0.3) is 5.56 Å². The van der Waals surface area contributed by atoms with Crippen molar-refractivity contribution in [3.8, 4) is 0 Å². The van der Waals surface area contributed by atoms with E-state index >= 15 is 0 Å². The quantitative estimate of drug-likeness (QED) is 0.745. The maximum Gasteiger partial charge on any atom is 0.275 e. The number of anilines is 1. The van der Waals surface area contributed by atoms with Gasteiger partial charge in [-0.15, -0.1) is 5.10 Å². The number of fused-ring (bicyclic) bond motifs is 1. The number of carbonyl (C=O) groups is 1. The molecule has 1 aromatic carbocycles. The van der Waals surface area contributed by atoms with Crippen molar-refractivity contribution in [1.29, 1.82) is 0 Å². The van der Waals surface area contributed by atoms with Crippen LogP contribution in [0.5, 0.6) is 0 Å². The van der Waals surface area contributed by atoms with Crippen LogP contribution in [0.4, 0.5) is 5.13 Å². The van der Waals surface area contributed by atoms with Crippen LogP contribution in [0.25, 0.3) is 4.96 Å². The summed E-state index contributed by atoms with van der Waals surface area (Å²) in [5.74, 6) is -0.0170. The Morgan fingerprint density at radius 1 is 1.33 bits per heavy atom. The largest absolute Gasteiger partial charge is 0.352 e. The summed E-state index contributed by atoms with van der Waals surface area (Å²) in [5.41, 5.74) is 1.60. The molecule has 1 aliphatic heterocycles. The number of nitrogens with zero attached hydrogens (tertiary/aromatic N) is 4. The molecule has 1 saturated heterocycles. The molecule has 4 rings (SSSR count). The van der Waals surface area contributed by atoms with Gasteiger partial charge in [0.05, 0.1) is 5.92 Å².